The maximum Gasteiger partial charge on any atom is 0.0581 e. The molecule has 0 aliphatic heterocycles. The topological polar surface area (TPSA) is 8.17 Å². The second kappa shape index (κ2) is 12.9. The summed E-state index contributed by atoms with van der Waals surface area (Å²) in [5, 5.41) is 2.51. The average Bonchev–Trinajstić information content (AvgIpc) is 3.80. The lowest BCUT2D eigenvalue weighted by Gasteiger charge is -2.30. The molecule has 0 saturated carbocycles. The summed E-state index contributed by atoms with van der Waals surface area (Å²) in [6.07, 6.45) is 0. The molecular weight excluding hydrogens is 725 g/mol. The summed E-state index contributed by atoms with van der Waals surface area (Å²) in [5.41, 5.74) is 21.3. The van der Waals surface area contributed by atoms with Crippen LogP contribution in [-0.2, 0) is 16.2 Å². The first-order valence-electron chi connectivity index (χ1n) is 21.4. The summed E-state index contributed by atoms with van der Waals surface area (Å²) in [6, 6.07) is 65.9. The lowest BCUT2D eigenvalue weighted by atomic mass is 9.79. The van der Waals surface area contributed by atoms with Gasteiger partial charge < -0.3 is 9.47 Å². The fourth-order valence-corrected chi connectivity index (χ4v) is 10.7. The van der Waals surface area contributed by atoms with Gasteiger partial charge in [0.25, 0.3) is 0 Å². The van der Waals surface area contributed by atoms with Crippen LogP contribution in [0.3, 0.4) is 0 Å². The van der Waals surface area contributed by atoms with Gasteiger partial charge in [-0.25, -0.2) is 0 Å². The van der Waals surface area contributed by atoms with Crippen LogP contribution < -0.4 is 4.90 Å². The average molecular weight is 775 g/mol. The molecule has 0 atom stereocenters. The molecule has 0 fully saturated rings. The zero-order valence-electron chi connectivity index (χ0n) is 35.6. The van der Waals surface area contributed by atoms with E-state index in [0.717, 1.165) is 17.1 Å². The van der Waals surface area contributed by atoms with Gasteiger partial charge in [-0.1, -0.05) is 188 Å². The smallest absolute Gasteiger partial charge is 0.0581 e. The SMILES string of the molecule is CC(C)(C)c1ccc2c(c1-n1c3ccccc3c3ccc(N(c4ccc5c(c4)C(C)(C)c4ccccc4-5)c4ccccc4-c4ccccc4)cc31)-c1ccccc1C2(C)C. The van der Waals surface area contributed by atoms with Crippen molar-refractivity contribution in [1.29, 1.82) is 0 Å². The number of aromatic nitrogens is 1. The summed E-state index contributed by atoms with van der Waals surface area (Å²) in [7, 11) is 0. The molecule has 0 saturated heterocycles. The molecule has 8 aromatic carbocycles. The van der Waals surface area contributed by atoms with E-state index in [-0.39, 0.29) is 16.2 Å². The lowest BCUT2D eigenvalue weighted by molar-refractivity contribution is 0.586. The molecule has 292 valence electrons. The van der Waals surface area contributed by atoms with Gasteiger partial charge in [-0.05, 0) is 91.9 Å². The van der Waals surface area contributed by atoms with Crippen molar-refractivity contribution in [1.82, 2.24) is 4.57 Å². The first kappa shape index (κ1) is 36.4. The number of fused-ring (bicyclic) bond motifs is 9. The van der Waals surface area contributed by atoms with Gasteiger partial charge in [0.1, 0.15) is 0 Å². The fraction of sp³-hybridized carbons (Fsp3) is 0.172. The fourth-order valence-electron chi connectivity index (χ4n) is 10.7. The van der Waals surface area contributed by atoms with Crippen molar-refractivity contribution in [2.45, 2.75) is 64.7 Å². The van der Waals surface area contributed by atoms with Gasteiger partial charge >= 0.3 is 0 Å². The van der Waals surface area contributed by atoms with E-state index in [2.05, 4.69) is 234 Å². The van der Waals surface area contributed by atoms with E-state index in [4.69, 9.17) is 0 Å². The van der Waals surface area contributed by atoms with Crippen LogP contribution in [0.5, 0.6) is 0 Å². The van der Waals surface area contributed by atoms with E-state index in [1.807, 2.05) is 0 Å². The van der Waals surface area contributed by atoms with Gasteiger partial charge in [-0.2, -0.15) is 0 Å². The van der Waals surface area contributed by atoms with Crippen molar-refractivity contribution in [2.24, 2.45) is 0 Å². The molecule has 9 aromatic rings. The normalized spacial score (nSPS) is 14.5. The highest BCUT2D eigenvalue weighted by Gasteiger charge is 2.40. The highest BCUT2D eigenvalue weighted by atomic mass is 15.1. The van der Waals surface area contributed by atoms with E-state index < -0.39 is 0 Å². The summed E-state index contributed by atoms with van der Waals surface area (Å²) in [6.45, 7) is 16.6. The van der Waals surface area contributed by atoms with Gasteiger partial charge in [-0.3, -0.25) is 0 Å². The second-order valence-corrected chi connectivity index (χ2v) is 19.0. The van der Waals surface area contributed by atoms with Crippen LogP contribution in [0, 0.1) is 0 Å². The highest BCUT2D eigenvalue weighted by molar-refractivity contribution is 6.11. The van der Waals surface area contributed by atoms with Crippen LogP contribution in [0.2, 0.25) is 0 Å². The van der Waals surface area contributed by atoms with Gasteiger partial charge in [0.2, 0.25) is 0 Å². The Balaban J connectivity index is 1.23. The standard InChI is InChI=1S/C58H50N2/c1-56(2,3)49-34-33-48-54(45-24-12-16-26-47(45)57(48,4)5)55(49)60-52-28-18-14-23-43(52)44-32-30-39(36-53(44)60)59(51-27-17-13-21-40(51)37-19-9-8-10-20-37)38-29-31-42-41-22-11-15-25-46(41)58(6,7)50(42)35-38/h8-36H,1-7H3. The van der Waals surface area contributed by atoms with E-state index >= 15 is 0 Å². The van der Waals surface area contributed by atoms with E-state index in [0.29, 0.717) is 0 Å². The Morgan fingerprint density at radius 2 is 1.00 bits per heavy atom. The first-order chi connectivity index (χ1) is 28.9. The predicted molar refractivity (Wildman–Crippen MR) is 255 cm³/mol. The number of hydrogen-bond donors (Lipinski definition) is 0. The van der Waals surface area contributed by atoms with Crippen LogP contribution in [0.15, 0.2) is 176 Å². The zero-order valence-corrected chi connectivity index (χ0v) is 35.6. The largest absolute Gasteiger partial charge is 0.310 e. The molecule has 2 aliphatic rings. The Morgan fingerprint density at radius 3 is 1.77 bits per heavy atom. The number of anilines is 3. The molecule has 60 heavy (non-hydrogen) atoms. The number of hydrogen-bond acceptors (Lipinski definition) is 1. The third-order valence-corrected chi connectivity index (χ3v) is 13.7. The summed E-state index contributed by atoms with van der Waals surface area (Å²) in [4.78, 5) is 2.50. The highest BCUT2D eigenvalue weighted by Crippen LogP contribution is 2.55. The summed E-state index contributed by atoms with van der Waals surface area (Å²) >= 11 is 0. The molecule has 0 unspecified atom stereocenters. The van der Waals surface area contributed by atoms with E-state index in [1.165, 1.54) is 88.7 Å². The third kappa shape index (κ3) is 5.19. The summed E-state index contributed by atoms with van der Waals surface area (Å²) < 4.78 is 2.61. The lowest BCUT2D eigenvalue weighted by Crippen LogP contribution is -2.19. The van der Waals surface area contributed by atoms with Crippen molar-refractivity contribution in [2.75, 3.05) is 4.90 Å². The van der Waals surface area contributed by atoms with Crippen molar-refractivity contribution in [3.05, 3.63) is 204 Å². The number of para-hydroxylation sites is 2. The van der Waals surface area contributed by atoms with Crippen molar-refractivity contribution in [3.63, 3.8) is 0 Å². The van der Waals surface area contributed by atoms with Crippen molar-refractivity contribution >= 4 is 38.9 Å². The Kier molecular flexibility index (Phi) is 7.85. The Hall–Kier alpha value is -6.64. The van der Waals surface area contributed by atoms with Crippen LogP contribution in [0.4, 0.5) is 17.1 Å². The molecule has 0 spiro atoms. The third-order valence-electron chi connectivity index (χ3n) is 13.7. The molecule has 0 radical (unpaired) electrons. The van der Waals surface area contributed by atoms with Gasteiger partial charge in [0.05, 0.1) is 22.4 Å². The molecule has 0 amide bonds. The minimum Gasteiger partial charge on any atom is -0.310 e. The summed E-state index contributed by atoms with van der Waals surface area (Å²) in [5.74, 6) is 0. The quantitative estimate of drug-likeness (QED) is 0.169. The van der Waals surface area contributed by atoms with Gasteiger partial charge in [0.15, 0.2) is 0 Å². The van der Waals surface area contributed by atoms with Crippen molar-refractivity contribution in [3.8, 4) is 39.1 Å². The number of rotatable bonds is 5. The Bertz CT molecular complexity index is 3190. The molecular formula is C58H50N2. The van der Waals surface area contributed by atoms with Crippen LogP contribution in [0.25, 0.3) is 60.9 Å². The number of benzene rings is 8. The molecule has 2 aliphatic carbocycles. The zero-order chi connectivity index (χ0) is 41.1. The minimum atomic E-state index is -0.135. The Labute approximate surface area is 354 Å². The van der Waals surface area contributed by atoms with Crippen molar-refractivity contribution < 1.29 is 0 Å². The predicted octanol–water partition coefficient (Wildman–Crippen LogP) is 15.8. The maximum atomic E-state index is 2.61. The molecule has 11 rings (SSSR count). The monoisotopic (exact) mass is 774 g/mol. The first-order valence-corrected chi connectivity index (χ1v) is 21.4. The van der Waals surface area contributed by atoms with Crippen LogP contribution >= 0.6 is 0 Å². The minimum absolute atomic E-state index is 0.114. The van der Waals surface area contributed by atoms with Gasteiger partial charge in [0, 0.05) is 44.1 Å². The van der Waals surface area contributed by atoms with Crippen LogP contribution in [-0.4, -0.2) is 4.57 Å². The maximum absolute atomic E-state index is 2.61. The van der Waals surface area contributed by atoms with E-state index in [1.54, 1.807) is 0 Å². The van der Waals surface area contributed by atoms with Crippen LogP contribution in [0.1, 0.15) is 76.3 Å². The molecule has 2 heteroatoms. The molecule has 1 aromatic heterocycles. The molecule has 1 heterocycles. The van der Waals surface area contributed by atoms with Gasteiger partial charge in [-0.15, -0.1) is 0 Å². The molecule has 2 nitrogen and oxygen atoms in total. The molecule has 0 bridgehead atoms. The number of nitrogens with zero attached hydrogens (tertiary/aromatic N) is 2. The molecule has 0 N–H and O–H groups in total. The van der Waals surface area contributed by atoms with E-state index in [9.17, 15) is 0 Å². The second-order valence-electron chi connectivity index (χ2n) is 19.0. The Morgan fingerprint density at radius 1 is 0.433 bits per heavy atom.